The Morgan fingerprint density at radius 3 is 2.15 bits per heavy atom. The number of hydrogen-bond donors (Lipinski definition) is 1. The second kappa shape index (κ2) is 10.9. The number of Topliss-reactive ketones (excluding diaryl/α,β-unsaturated/α-hetero) is 1. The SMILES string of the molecule is CC[C@H](C)[C@H](NC(=O)c1ccccc1)C(=O)N1CCN(S(=O)(=O)c2cccc(C(C)=O)c2)CC1. The molecule has 0 spiro atoms. The number of sulfonamides is 1. The van der Waals surface area contributed by atoms with Crippen LogP contribution in [0.4, 0.5) is 0 Å². The van der Waals surface area contributed by atoms with E-state index in [1.807, 2.05) is 19.9 Å². The first-order chi connectivity index (χ1) is 16.1. The molecule has 2 atom stereocenters. The van der Waals surface area contributed by atoms with Gasteiger partial charge in [-0.15, -0.1) is 0 Å². The lowest BCUT2D eigenvalue weighted by Gasteiger charge is -2.37. The van der Waals surface area contributed by atoms with Gasteiger partial charge < -0.3 is 10.2 Å². The summed E-state index contributed by atoms with van der Waals surface area (Å²) in [6.07, 6.45) is 0.701. The molecule has 2 amide bonds. The molecule has 2 aromatic carbocycles. The van der Waals surface area contributed by atoms with Crippen molar-refractivity contribution in [2.75, 3.05) is 26.2 Å². The van der Waals surface area contributed by atoms with Gasteiger partial charge in [0.2, 0.25) is 15.9 Å². The van der Waals surface area contributed by atoms with Crippen LogP contribution in [0.2, 0.25) is 0 Å². The molecule has 0 aromatic heterocycles. The van der Waals surface area contributed by atoms with Crippen LogP contribution in [-0.2, 0) is 14.8 Å². The van der Waals surface area contributed by atoms with Crippen LogP contribution in [-0.4, -0.2) is 67.4 Å². The molecule has 0 radical (unpaired) electrons. The Bertz CT molecular complexity index is 1140. The van der Waals surface area contributed by atoms with Crippen molar-refractivity contribution < 1.29 is 22.8 Å². The van der Waals surface area contributed by atoms with E-state index in [9.17, 15) is 22.8 Å². The van der Waals surface area contributed by atoms with E-state index in [2.05, 4.69) is 5.32 Å². The predicted molar refractivity (Wildman–Crippen MR) is 129 cm³/mol. The minimum absolute atomic E-state index is 0.0626. The van der Waals surface area contributed by atoms with Gasteiger partial charge in [0.1, 0.15) is 6.04 Å². The molecule has 0 aliphatic carbocycles. The van der Waals surface area contributed by atoms with Crippen molar-refractivity contribution in [2.45, 2.75) is 38.1 Å². The zero-order valence-corrected chi connectivity index (χ0v) is 20.5. The van der Waals surface area contributed by atoms with Crippen molar-refractivity contribution in [2.24, 2.45) is 5.92 Å². The number of nitrogens with zero attached hydrogens (tertiary/aromatic N) is 2. The van der Waals surface area contributed by atoms with Crippen molar-refractivity contribution in [1.82, 2.24) is 14.5 Å². The monoisotopic (exact) mass is 485 g/mol. The summed E-state index contributed by atoms with van der Waals surface area (Å²) in [4.78, 5) is 39.3. The molecule has 1 N–H and O–H groups in total. The quantitative estimate of drug-likeness (QED) is 0.579. The Hall–Kier alpha value is -3.04. The summed E-state index contributed by atoms with van der Waals surface area (Å²) in [6, 6.07) is 14.0. The van der Waals surface area contributed by atoms with E-state index in [0.717, 1.165) is 0 Å². The van der Waals surface area contributed by atoms with Crippen LogP contribution in [0, 0.1) is 5.92 Å². The van der Waals surface area contributed by atoms with Gasteiger partial charge in [0.05, 0.1) is 4.90 Å². The normalized spacial score (nSPS) is 16.5. The molecular weight excluding hydrogens is 454 g/mol. The second-order valence-electron chi connectivity index (χ2n) is 8.52. The van der Waals surface area contributed by atoms with E-state index >= 15 is 0 Å². The van der Waals surface area contributed by atoms with Crippen molar-refractivity contribution in [3.8, 4) is 0 Å². The molecule has 0 saturated carbocycles. The molecule has 0 bridgehead atoms. The highest BCUT2D eigenvalue weighted by Crippen LogP contribution is 2.20. The first-order valence-corrected chi connectivity index (χ1v) is 12.8. The van der Waals surface area contributed by atoms with Crippen molar-refractivity contribution in [3.63, 3.8) is 0 Å². The molecule has 9 heteroatoms. The maximum absolute atomic E-state index is 13.3. The van der Waals surface area contributed by atoms with Crippen molar-refractivity contribution >= 4 is 27.6 Å². The molecule has 1 aliphatic rings. The zero-order valence-electron chi connectivity index (χ0n) is 19.7. The summed E-state index contributed by atoms with van der Waals surface area (Å²) < 4.78 is 27.5. The third-order valence-electron chi connectivity index (χ3n) is 6.23. The van der Waals surface area contributed by atoms with Gasteiger partial charge in [-0.3, -0.25) is 14.4 Å². The Morgan fingerprint density at radius 2 is 1.56 bits per heavy atom. The molecule has 1 fully saturated rings. The topological polar surface area (TPSA) is 104 Å². The smallest absolute Gasteiger partial charge is 0.251 e. The molecule has 3 rings (SSSR count). The zero-order chi connectivity index (χ0) is 24.9. The minimum atomic E-state index is -3.79. The minimum Gasteiger partial charge on any atom is -0.340 e. The van der Waals surface area contributed by atoms with E-state index in [4.69, 9.17) is 0 Å². The number of piperazine rings is 1. The van der Waals surface area contributed by atoms with Crippen LogP contribution in [0.15, 0.2) is 59.5 Å². The Labute approximate surface area is 201 Å². The number of rotatable bonds is 8. The number of amides is 2. The number of carbonyl (C=O) groups is 3. The summed E-state index contributed by atoms with van der Waals surface area (Å²) >= 11 is 0. The first-order valence-electron chi connectivity index (χ1n) is 11.4. The average Bonchev–Trinajstić information content (AvgIpc) is 2.86. The van der Waals surface area contributed by atoms with E-state index in [0.29, 0.717) is 17.5 Å². The van der Waals surface area contributed by atoms with Gasteiger partial charge in [-0.1, -0.05) is 50.6 Å². The van der Waals surface area contributed by atoms with Gasteiger partial charge in [-0.25, -0.2) is 8.42 Å². The third-order valence-corrected chi connectivity index (χ3v) is 8.12. The fraction of sp³-hybridized carbons (Fsp3) is 0.400. The molecule has 182 valence electrons. The van der Waals surface area contributed by atoms with Crippen LogP contribution in [0.1, 0.15) is 47.9 Å². The van der Waals surface area contributed by atoms with E-state index < -0.39 is 16.1 Å². The van der Waals surface area contributed by atoms with Crippen molar-refractivity contribution in [3.05, 3.63) is 65.7 Å². The summed E-state index contributed by atoms with van der Waals surface area (Å²) in [5.41, 5.74) is 0.813. The molecule has 2 aromatic rings. The fourth-order valence-corrected chi connectivity index (χ4v) is 5.34. The molecule has 0 unspecified atom stereocenters. The highest BCUT2D eigenvalue weighted by Gasteiger charge is 2.35. The second-order valence-corrected chi connectivity index (χ2v) is 10.5. The van der Waals surface area contributed by atoms with Gasteiger partial charge in [-0.2, -0.15) is 4.31 Å². The van der Waals surface area contributed by atoms with Crippen LogP contribution in [0.5, 0.6) is 0 Å². The third kappa shape index (κ3) is 5.71. The standard InChI is InChI=1S/C25H31N3O5S/c1-4-18(2)23(26-24(30)20-9-6-5-7-10-20)25(31)27-13-15-28(16-14-27)34(32,33)22-12-8-11-21(17-22)19(3)29/h5-12,17-18,23H,4,13-16H2,1-3H3,(H,26,30)/t18-,23-/m0/s1. The van der Waals surface area contributed by atoms with E-state index in [-0.39, 0.29) is 54.6 Å². The molecule has 8 nitrogen and oxygen atoms in total. The van der Waals surface area contributed by atoms with Crippen molar-refractivity contribution in [1.29, 1.82) is 0 Å². The fourth-order valence-electron chi connectivity index (χ4n) is 3.87. The predicted octanol–water partition coefficient (Wildman–Crippen LogP) is 2.57. The molecular formula is C25H31N3O5S. The van der Waals surface area contributed by atoms with Gasteiger partial charge in [0.25, 0.3) is 5.91 Å². The highest BCUT2D eigenvalue weighted by molar-refractivity contribution is 7.89. The lowest BCUT2D eigenvalue weighted by molar-refractivity contribution is -0.135. The van der Waals surface area contributed by atoms with Crippen LogP contribution in [0.3, 0.4) is 0 Å². The van der Waals surface area contributed by atoms with Gasteiger partial charge in [-0.05, 0) is 37.1 Å². The average molecular weight is 486 g/mol. The number of ketones is 1. The summed E-state index contributed by atoms with van der Waals surface area (Å²) in [7, 11) is -3.79. The molecule has 34 heavy (non-hydrogen) atoms. The van der Waals surface area contributed by atoms with E-state index in [1.54, 1.807) is 41.3 Å². The lowest BCUT2D eigenvalue weighted by Crippen LogP contribution is -2.57. The van der Waals surface area contributed by atoms with Crippen LogP contribution >= 0.6 is 0 Å². The van der Waals surface area contributed by atoms with Gasteiger partial charge in [0.15, 0.2) is 5.78 Å². The Balaban J connectivity index is 1.69. The van der Waals surface area contributed by atoms with Crippen LogP contribution in [0.25, 0.3) is 0 Å². The Morgan fingerprint density at radius 1 is 0.941 bits per heavy atom. The van der Waals surface area contributed by atoms with Gasteiger partial charge >= 0.3 is 0 Å². The number of benzene rings is 2. The molecule has 1 aliphatic heterocycles. The maximum Gasteiger partial charge on any atom is 0.251 e. The number of carbonyl (C=O) groups excluding carboxylic acids is 3. The number of nitrogens with one attached hydrogen (secondary N) is 1. The largest absolute Gasteiger partial charge is 0.340 e. The van der Waals surface area contributed by atoms with Gasteiger partial charge in [0, 0.05) is 37.3 Å². The highest BCUT2D eigenvalue weighted by atomic mass is 32.2. The maximum atomic E-state index is 13.3. The summed E-state index contributed by atoms with van der Waals surface area (Å²) in [5.74, 6) is -0.822. The Kier molecular flexibility index (Phi) is 8.22. The van der Waals surface area contributed by atoms with E-state index in [1.165, 1.54) is 23.4 Å². The number of hydrogen-bond acceptors (Lipinski definition) is 5. The lowest BCUT2D eigenvalue weighted by atomic mass is 9.97. The molecule has 1 saturated heterocycles. The summed E-state index contributed by atoms with van der Waals surface area (Å²) in [5, 5.41) is 2.87. The van der Waals surface area contributed by atoms with Crippen LogP contribution < -0.4 is 5.32 Å². The first kappa shape index (κ1) is 25.6. The molecule has 1 heterocycles. The summed E-state index contributed by atoms with van der Waals surface area (Å²) in [6.45, 7) is 5.98.